The van der Waals surface area contributed by atoms with Crippen LogP contribution in [0.3, 0.4) is 0 Å². The molecule has 0 aromatic carbocycles. The zero-order chi connectivity index (χ0) is 18.0. The number of ether oxygens (including phenoxy) is 2. The Kier molecular flexibility index (Phi) is 5.39. The predicted molar refractivity (Wildman–Crippen MR) is 92.0 cm³/mol. The Balaban J connectivity index is 1.96. The summed E-state index contributed by atoms with van der Waals surface area (Å²) in [6.45, 7) is 2.98. The number of esters is 1. The number of nitrogens with zero attached hydrogens (tertiary/aromatic N) is 2. The number of hydrogen-bond donors (Lipinski definition) is 0. The van der Waals surface area contributed by atoms with Crippen LogP contribution in [0.2, 0.25) is 5.15 Å². The third-order valence-electron chi connectivity index (χ3n) is 4.79. The maximum Gasteiger partial charge on any atom is 0.336 e. The lowest BCUT2D eigenvalue weighted by molar-refractivity contribution is -0.138. The van der Waals surface area contributed by atoms with Gasteiger partial charge in [-0.25, -0.2) is 9.78 Å². The fourth-order valence-electron chi connectivity index (χ4n) is 3.48. The molecule has 1 fully saturated rings. The molecule has 2 aliphatic rings. The van der Waals surface area contributed by atoms with Gasteiger partial charge in [0.25, 0.3) is 0 Å². The SMILES string of the molecule is COC(=O)C1=C(C)N(C[C@H]2CCCO2)C(=O)C[C@H]1c1ccc(Cl)nc1. The Bertz CT molecular complexity index is 696. The van der Waals surface area contributed by atoms with E-state index in [0.29, 0.717) is 23.0 Å². The molecule has 1 aromatic heterocycles. The maximum absolute atomic E-state index is 12.7. The Morgan fingerprint density at radius 3 is 2.88 bits per heavy atom. The largest absolute Gasteiger partial charge is 0.466 e. The summed E-state index contributed by atoms with van der Waals surface area (Å²) >= 11 is 5.85. The Morgan fingerprint density at radius 1 is 1.48 bits per heavy atom. The van der Waals surface area contributed by atoms with Crippen molar-refractivity contribution < 1.29 is 19.1 Å². The molecule has 0 N–H and O–H groups in total. The number of amides is 1. The first-order valence-corrected chi connectivity index (χ1v) is 8.71. The topological polar surface area (TPSA) is 68.7 Å². The van der Waals surface area contributed by atoms with Crippen molar-refractivity contribution in [1.82, 2.24) is 9.88 Å². The van der Waals surface area contributed by atoms with Gasteiger partial charge < -0.3 is 14.4 Å². The molecular weight excluding hydrogens is 344 g/mol. The summed E-state index contributed by atoms with van der Waals surface area (Å²) in [4.78, 5) is 30.9. The number of rotatable bonds is 4. The van der Waals surface area contributed by atoms with Crippen molar-refractivity contribution in [1.29, 1.82) is 0 Å². The molecule has 1 aromatic rings. The quantitative estimate of drug-likeness (QED) is 0.607. The molecule has 134 valence electrons. The number of aromatic nitrogens is 1. The Morgan fingerprint density at radius 2 is 2.28 bits per heavy atom. The van der Waals surface area contributed by atoms with Crippen LogP contribution in [0, 0.1) is 0 Å². The molecule has 1 saturated heterocycles. The molecule has 0 radical (unpaired) electrons. The van der Waals surface area contributed by atoms with Gasteiger partial charge in [-0.1, -0.05) is 17.7 Å². The van der Waals surface area contributed by atoms with Crippen molar-refractivity contribution in [3.8, 4) is 0 Å². The van der Waals surface area contributed by atoms with Gasteiger partial charge in [-0.05, 0) is 31.4 Å². The van der Waals surface area contributed by atoms with E-state index in [2.05, 4.69) is 4.98 Å². The number of halogens is 1. The van der Waals surface area contributed by atoms with E-state index in [1.54, 1.807) is 30.2 Å². The number of hydrogen-bond acceptors (Lipinski definition) is 5. The molecule has 6 nitrogen and oxygen atoms in total. The minimum atomic E-state index is -0.428. The van der Waals surface area contributed by atoms with Crippen molar-refractivity contribution >= 4 is 23.5 Å². The highest BCUT2D eigenvalue weighted by Crippen LogP contribution is 2.37. The average Bonchev–Trinajstić information content (AvgIpc) is 3.11. The first-order valence-electron chi connectivity index (χ1n) is 8.33. The van der Waals surface area contributed by atoms with Crippen LogP contribution in [0.1, 0.15) is 37.7 Å². The molecule has 2 aliphatic heterocycles. The average molecular weight is 365 g/mol. The first-order chi connectivity index (χ1) is 12.0. The summed E-state index contributed by atoms with van der Waals surface area (Å²) in [5.41, 5.74) is 1.89. The van der Waals surface area contributed by atoms with Crippen LogP contribution in [0.5, 0.6) is 0 Å². The highest BCUT2D eigenvalue weighted by Gasteiger charge is 2.38. The maximum atomic E-state index is 12.7. The van der Waals surface area contributed by atoms with Crippen LogP contribution in [0.4, 0.5) is 0 Å². The van der Waals surface area contributed by atoms with Gasteiger partial charge in [0.15, 0.2) is 0 Å². The first kappa shape index (κ1) is 17.9. The van der Waals surface area contributed by atoms with Gasteiger partial charge in [-0.15, -0.1) is 0 Å². The molecule has 25 heavy (non-hydrogen) atoms. The zero-order valence-electron chi connectivity index (χ0n) is 14.3. The zero-order valence-corrected chi connectivity index (χ0v) is 15.1. The van der Waals surface area contributed by atoms with Crippen molar-refractivity contribution in [2.75, 3.05) is 20.3 Å². The lowest BCUT2D eigenvalue weighted by Gasteiger charge is -2.35. The third-order valence-corrected chi connectivity index (χ3v) is 5.01. The molecule has 1 amide bonds. The molecule has 7 heteroatoms. The summed E-state index contributed by atoms with van der Waals surface area (Å²) in [6.07, 6.45) is 3.74. The monoisotopic (exact) mass is 364 g/mol. The number of carbonyl (C=O) groups excluding carboxylic acids is 2. The summed E-state index contributed by atoms with van der Waals surface area (Å²) in [5, 5.41) is 0.367. The van der Waals surface area contributed by atoms with Crippen LogP contribution >= 0.6 is 11.6 Å². The van der Waals surface area contributed by atoms with Crippen LogP contribution in [-0.2, 0) is 19.1 Å². The molecule has 0 saturated carbocycles. The van der Waals surface area contributed by atoms with Crippen LogP contribution in [0.15, 0.2) is 29.6 Å². The van der Waals surface area contributed by atoms with Gasteiger partial charge in [0, 0.05) is 30.8 Å². The number of pyridine rings is 1. The van der Waals surface area contributed by atoms with Gasteiger partial charge in [0.2, 0.25) is 5.91 Å². The minimum absolute atomic E-state index is 0.0199. The third kappa shape index (κ3) is 3.70. The molecule has 2 atom stereocenters. The van der Waals surface area contributed by atoms with E-state index in [-0.39, 0.29) is 24.3 Å². The molecule has 0 unspecified atom stereocenters. The molecule has 0 aliphatic carbocycles. The van der Waals surface area contributed by atoms with Crippen molar-refractivity contribution in [2.45, 2.75) is 38.2 Å². The standard InChI is InChI=1S/C18H21ClN2O4/c1-11-17(18(23)24-2)14(12-5-6-15(19)20-9-12)8-16(22)21(11)10-13-4-3-7-25-13/h5-6,9,13-14H,3-4,7-8,10H2,1-2H3/t13-,14+/m1/s1. The number of allylic oxidation sites excluding steroid dienone is 1. The minimum Gasteiger partial charge on any atom is -0.466 e. The summed E-state index contributed by atoms with van der Waals surface area (Å²) in [5.74, 6) is -0.839. The van der Waals surface area contributed by atoms with E-state index < -0.39 is 5.97 Å². The van der Waals surface area contributed by atoms with E-state index in [4.69, 9.17) is 21.1 Å². The van der Waals surface area contributed by atoms with Gasteiger partial charge in [-0.3, -0.25) is 4.79 Å². The van der Waals surface area contributed by atoms with E-state index >= 15 is 0 Å². The normalized spacial score (nSPS) is 24.0. The lowest BCUT2D eigenvalue weighted by Crippen LogP contribution is -2.42. The smallest absolute Gasteiger partial charge is 0.336 e. The second kappa shape index (κ2) is 7.54. The van der Waals surface area contributed by atoms with Gasteiger partial charge in [0.1, 0.15) is 5.15 Å². The van der Waals surface area contributed by atoms with Crippen LogP contribution in [0.25, 0.3) is 0 Å². The van der Waals surface area contributed by atoms with Gasteiger partial charge in [0.05, 0.1) is 25.3 Å². The van der Waals surface area contributed by atoms with Crippen LogP contribution < -0.4 is 0 Å². The molecule has 0 spiro atoms. The predicted octanol–water partition coefficient (Wildman–Crippen LogP) is 2.68. The Hall–Kier alpha value is -1.92. The van der Waals surface area contributed by atoms with Crippen molar-refractivity contribution in [3.05, 3.63) is 40.3 Å². The number of carbonyl (C=O) groups is 2. The number of methoxy groups -OCH3 is 1. The van der Waals surface area contributed by atoms with E-state index in [0.717, 1.165) is 25.0 Å². The fraction of sp³-hybridized carbons (Fsp3) is 0.500. The second-order valence-corrected chi connectivity index (χ2v) is 6.69. The summed E-state index contributed by atoms with van der Waals surface area (Å²) in [6, 6.07) is 3.45. The highest BCUT2D eigenvalue weighted by molar-refractivity contribution is 6.29. The molecular formula is C18H21ClN2O4. The molecule has 3 rings (SSSR count). The van der Waals surface area contributed by atoms with Crippen molar-refractivity contribution in [3.63, 3.8) is 0 Å². The highest BCUT2D eigenvalue weighted by atomic mass is 35.5. The summed E-state index contributed by atoms with van der Waals surface area (Å²) in [7, 11) is 1.35. The van der Waals surface area contributed by atoms with Crippen LogP contribution in [-0.4, -0.2) is 48.1 Å². The Labute approximate surface area is 151 Å². The van der Waals surface area contributed by atoms with E-state index in [9.17, 15) is 9.59 Å². The molecule has 0 bridgehead atoms. The lowest BCUT2D eigenvalue weighted by atomic mass is 9.84. The van der Waals surface area contributed by atoms with E-state index in [1.165, 1.54) is 7.11 Å². The second-order valence-electron chi connectivity index (χ2n) is 6.30. The van der Waals surface area contributed by atoms with Crippen molar-refractivity contribution in [2.24, 2.45) is 0 Å². The summed E-state index contributed by atoms with van der Waals surface area (Å²) < 4.78 is 10.6. The van der Waals surface area contributed by atoms with Gasteiger partial charge in [-0.2, -0.15) is 0 Å². The fourth-order valence-corrected chi connectivity index (χ4v) is 3.59. The van der Waals surface area contributed by atoms with E-state index in [1.807, 2.05) is 0 Å². The molecule has 3 heterocycles. The van der Waals surface area contributed by atoms with Gasteiger partial charge >= 0.3 is 5.97 Å².